The standard InChI is InChI=1S/C8H11N/c1-5-3-2-4-6-7(5)8(6)9/h2-4,6-8H,9H2,1H3. The highest BCUT2D eigenvalue weighted by molar-refractivity contribution is 5.33. The minimum Gasteiger partial charge on any atom is -0.327 e. The molecule has 48 valence electrons. The van der Waals surface area contributed by atoms with Crippen molar-refractivity contribution >= 4 is 0 Å². The molecular weight excluding hydrogens is 110 g/mol. The monoisotopic (exact) mass is 121 g/mol. The molecule has 0 heterocycles. The van der Waals surface area contributed by atoms with E-state index in [-0.39, 0.29) is 0 Å². The van der Waals surface area contributed by atoms with Gasteiger partial charge in [0.05, 0.1) is 0 Å². The highest BCUT2D eigenvalue weighted by Gasteiger charge is 2.47. The van der Waals surface area contributed by atoms with Crippen LogP contribution in [-0.2, 0) is 0 Å². The first-order valence-electron chi connectivity index (χ1n) is 3.41. The van der Waals surface area contributed by atoms with E-state index in [0.717, 1.165) is 0 Å². The van der Waals surface area contributed by atoms with Crippen molar-refractivity contribution in [1.29, 1.82) is 0 Å². The third kappa shape index (κ3) is 0.583. The first-order chi connectivity index (χ1) is 4.30. The molecule has 0 bridgehead atoms. The van der Waals surface area contributed by atoms with Crippen LogP contribution in [0.1, 0.15) is 6.92 Å². The van der Waals surface area contributed by atoms with Crippen LogP contribution in [0.4, 0.5) is 0 Å². The van der Waals surface area contributed by atoms with E-state index < -0.39 is 0 Å². The van der Waals surface area contributed by atoms with Gasteiger partial charge in [0.2, 0.25) is 0 Å². The maximum absolute atomic E-state index is 5.77. The molecule has 9 heavy (non-hydrogen) atoms. The molecule has 2 N–H and O–H groups in total. The summed E-state index contributed by atoms with van der Waals surface area (Å²) in [6.45, 7) is 2.16. The zero-order valence-corrected chi connectivity index (χ0v) is 5.54. The van der Waals surface area contributed by atoms with Crippen molar-refractivity contribution in [3.05, 3.63) is 23.8 Å². The summed E-state index contributed by atoms with van der Waals surface area (Å²) < 4.78 is 0. The first kappa shape index (κ1) is 5.24. The normalized spacial score (nSPS) is 46.0. The van der Waals surface area contributed by atoms with Crippen LogP contribution in [0.25, 0.3) is 0 Å². The van der Waals surface area contributed by atoms with E-state index in [2.05, 4.69) is 25.2 Å². The SMILES string of the molecule is CC1=CC=CC2C(N)C12. The van der Waals surface area contributed by atoms with Crippen molar-refractivity contribution in [3.63, 3.8) is 0 Å². The molecule has 0 aromatic rings. The molecule has 1 heteroatoms. The lowest BCUT2D eigenvalue weighted by Crippen LogP contribution is -2.02. The summed E-state index contributed by atoms with van der Waals surface area (Å²) in [7, 11) is 0. The Labute approximate surface area is 55.2 Å². The van der Waals surface area contributed by atoms with Gasteiger partial charge < -0.3 is 5.73 Å². The van der Waals surface area contributed by atoms with Gasteiger partial charge in [-0.15, -0.1) is 0 Å². The summed E-state index contributed by atoms with van der Waals surface area (Å²) in [6.07, 6.45) is 6.49. The minimum absolute atomic E-state index is 0.431. The van der Waals surface area contributed by atoms with Gasteiger partial charge in [0.1, 0.15) is 0 Å². The molecule has 0 spiro atoms. The Hall–Kier alpha value is -0.560. The van der Waals surface area contributed by atoms with E-state index in [4.69, 9.17) is 5.73 Å². The highest BCUT2D eigenvalue weighted by Crippen LogP contribution is 2.45. The van der Waals surface area contributed by atoms with Crippen LogP contribution in [0.2, 0.25) is 0 Å². The van der Waals surface area contributed by atoms with E-state index in [1.807, 2.05) is 0 Å². The second kappa shape index (κ2) is 1.48. The fourth-order valence-electron chi connectivity index (χ4n) is 1.66. The van der Waals surface area contributed by atoms with Gasteiger partial charge in [0, 0.05) is 17.9 Å². The van der Waals surface area contributed by atoms with E-state index in [1.165, 1.54) is 5.57 Å². The van der Waals surface area contributed by atoms with Crippen molar-refractivity contribution in [2.75, 3.05) is 0 Å². The lowest BCUT2D eigenvalue weighted by atomic mass is 10.1. The number of fused-ring (bicyclic) bond motifs is 1. The zero-order valence-electron chi connectivity index (χ0n) is 5.54. The third-order valence-electron chi connectivity index (χ3n) is 2.35. The summed E-state index contributed by atoms with van der Waals surface area (Å²) >= 11 is 0. The van der Waals surface area contributed by atoms with Crippen LogP contribution in [0, 0.1) is 11.8 Å². The fraction of sp³-hybridized carbons (Fsp3) is 0.500. The molecule has 0 radical (unpaired) electrons. The summed E-state index contributed by atoms with van der Waals surface area (Å²) in [4.78, 5) is 0. The first-order valence-corrected chi connectivity index (χ1v) is 3.41. The maximum atomic E-state index is 5.77. The Balaban J connectivity index is 2.28. The molecule has 2 aliphatic rings. The molecule has 0 amide bonds. The number of hydrogen-bond donors (Lipinski definition) is 1. The Morgan fingerprint density at radius 1 is 1.56 bits per heavy atom. The van der Waals surface area contributed by atoms with Crippen LogP contribution in [0.15, 0.2) is 23.8 Å². The van der Waals surface area contributed by atoms with Gasteiger partial charge in [-0.3, -0.25) is 0 Å². The van der Waals surface area contributed by atoms with Crippen molar-refractivity contribution in [3.8, 4) is 0 Å². The molecular formula is C8H11N. The van der Waals surface area contributed by atoms with E-state index in [1.54, 1.807) is 0 Å². The van der Waals surface area contributed by atoms with Crippen molar-refractivity contribution in [2.45, 2.75) is 13.0 Å². The maximum Gasteiger partial charge on any atom is 0.0181 e. The number of hydrogen-bond acceptors (Lipinski definition) is 1. The van der Waals surface area contributed by atoms with Crippen LogP contribution in [0.3, 0.4) is 0 Å². The zero-order chi connectivity index (χ0) is 6.43. The van der Waals surface area contributed by atoms with Crippen molar-refractivity contribution in [2.24, 2.45) is 17.6 Å². The predicted molar refractivity (Wildman–Crippen MR) is 37.9 cm³/mol. The Morgan fingerprint density at radius 2 is 2.33 bits per heavy atom. The smallest absolute Gasteiger partial charge is 0.0181 e. The fourth-order valence-corrected chi connectivity index (χ4v) is 1.66. The predicted octanol–water partition coefficient (Wildman–Crippen LogP) is 1.08. The van der Waals surface area contributed by atoms with Gasteiger partial charge in [-0.05, 0) is 6.92 Å². The minimum atomic E-state index is 0.431. The summed E-state index contributed by atoms with van der Waals surface area (Å²) in [5.74, 6) is 1.37. The van der Waals surface area contributed by atoms with Gasteiger partial charge in [-0.1, -0.05) is 23.8 Å². The average Bonchev–Trinajstić information content (AvgIpc) is 2.45. The molecule has 3 atom stereocenters. The molecule has 1 fully saturated rings. The molecule has 1 nitrogen and oxygen atoms in total. The Kier molecular flexibility index (Phi) is 0.862. The molecule has 0 aromatic heterocycles. The molecule has 2 aliphatic carbocycles. The van der Waals surface area contributed by atoms with E-state index in [0.29, 0.717) is 17.9 Å². The molecule has 1 saturated carbocycles. The highest BCUT2D eigenvalue weighted by atomic mass is 14.8. The quantitative estimate of drug-likeness (QED) is 0.510. The van der Waals surface area contributed by atoms with Crippen molar-refractivity contribution in [1.82, 2.24) is 0 Å². The number of rotatable bonds is 0. The van der Waals surface area contributed by atoms with Crippen LogP contribution in [0.5, 0.6) is 0 Å². The van der Waals surface area contributed by atoms with Gasteiger partial charge in [0.15, 0.2) is 0 Å². The van der Waals surface area contributed by atoms with Crippen LogP contribution < -0.4 is 5.73 Å². The topological polar surface area (TPSA) is 26.0 Å². The molecule has 0 aliphatic heterocycles. The average molecular weight is 121 g/mol. The molecule has 0 aromatic carbocycles. The summed E-state index contributed by atoms with van der Waals surface area (Å²) in [6, 6.07) is 0.431. The van der Waals surface area contributed by atoms with Gasteiger partial charge in [0.25, 0.3) is 0 Å². The number of allylic oxidation sites excluding steroid dienone is 2. The number of nitrogens with two attached hydrogens (primary N) is 1. The van der Waals surface area contributed by atoms with E-state index >= 15 is 0 Å². The second-order valence-electron chi connectivity index (χ2n) is 2.98. The Morgan fingerprint density at radius 3 is 2.89 bits per heavy atom. The lowest BCUT2D eigenvalue weighted by molar-refractivity contribution is 0.899. The molecule has 0 saturated heterocycles. The van der Waals surface area contributed by atoms with Crippen LogP contribution in [-0.4, -0.2) is 6.04 Å². The Bertz CT molecular complexity index is 191. The molecule has 2 rings (SSSR count). The third-order valence-corrected chi connectivity index (χ3v) is 2.35. The van der Waals surface area contributed by atoms with Gasteiger partial charge >= 0.3 is 0 Å². The van der Waals surface area contributed by atoms with Crippen LogP contribution >= 0.6 is 0 Å². The van der Waals surface area contributed by atoms with Crippen molar-refractivity contribution < 1.29 is 0 Å². The van der Waals surface area contributed by atoms with Gasteiger partial charge in [-0.2, -0.15) is 0 Å². The summed E-state index contributed by atoms with van der Waals surface area (Å²) in [5, 5.41) is 0. The summed E-state index contributed by atoms with van der Waals surface area (Å²) in [5.41, 5.74) is 7.22. The molecule has 3 unspecified atom stereocenters. The lowest BCUT2D eigenvalue weighted by Gasteiger charge is -1.98. The van der Waals surface area contributed by atoms with E-state index in [9.17, 15) is 0 Å². The second-order valence-corrected chi connectivity index (χ2v) is 2.98. The largest absolute Gasteiger partial charge is 0.327 e. The van der Waals surface area contributed by atoms with Gasteiger partial charge in [-0.25, -0.2) is 0 Å².